The number of carbonyl (C=O) groups excluding carboxylic acids is 1. The van der Waals surface area contributed by atoms with Crippen LogP contribution in [0.4, 0.5) is 11.4 Å². The summed E-state index contributed by atoms with van der Waals surface area (Å²) in [5, 5.41) is 3.73. The van der Waals surface area contributed by atoms with Gasteiger partial charge >= 0.3 is 0 Å². The Morgan fingerprint density at radius 2 is 1.90 bits per heavy atom. The molecule has 0 aliphatic carbocycles. The molecule has 20 heavy (non-hydrogen) atoms. The monoisotopic (exact) mass is 326 g/mol. The van der Waals surface area contributed by atoms with E-state index >= 15 is 0 Å². The Hall–Kier alpha value is -1.36. The van der Waals surface area contributed by atoms with Gasteiger partial charge in [-0.05, 0) is 36.4 Å². The van der Waals surface area contributed by atoms with Gasteiger partial charge in [-0.15, -0.1) is 0 Å². The SMILES string of the molecule is CSNc1ccc(Cl)c(C(=O)Nc2cccc(Cl)c2)c1. The van der Waals surface area contributed by atoms with Crippen LogP contribution in [-0.4, -0.2) is 12.2 Å². The van der Waals surface area contributed by atoms with Crippen molar-refractivity contribution in [2.45, 2.75) is 0 Å². The second-order valence-electron chi connectivity index (χ2n) is 3.97. The highest BCUT2D eigenvalue weighted by molar-refractivity contribution is 7.99. The summed E-state index contributed by atoms with van der Waals surface area (Å²) < 4.78 is 3.06. The molecule has 2 aromatic rings. The average molecular weight is 327 g/mol. The molecular formula is C14H12Cl2N2OS. The number of carbonyl (C=O) groups is 1. The van der Waals surface area contributed by atoms with Crippen LogP contribution in [0.2, 0.25) is 10.0 Å². The number of benzene rings is 2. The third kappa shape index (κ3) is 3.82. The van der Waals surface area contributed by atoms with Crippen molar-refractivity contribution >= 4 is 52.4 Å². The zero-order valence-electron chi connectivity index (χ0n) is 10.6. The lowest BCUT2D eigenvalue weighted by atomic mass is 10.2. The van der Waals surface area contributed by atoms with Crippen LogP contribution < -0.4 is 10.0 Å². The number of amides is 1. The minimum atomic E-state index is -0.276. The van der Waals surface area contributed by atoms with Gasteiger partial charge in [-0.2, -0.15) is 0 Å². The fraction of sp³-hybridized carbons (Fsp3) is 0.0714. The van der Waals surface area contributed by atoms with Gasteiger partial charge in [0.05, 0.1) is 10.6 Å². The second kappa shape index (κ2) is 6.88. The molecule has 3 nitrogen and oxygen atoms in total. The lowest BCUT2D eigenvalue weighted by Crippen LogP contribution is -2.12. The first-order valence-electron chi connectivity index (χ1n) is 5.75. The molecule has 0 aliphatic rings. The zero-order chi connectivity index (χ0) is 14.5. The molecule has 6 heteroatoms. The molecule has 0 radical (unpaired) electrons. The van der Waals surface area contributed by atoms with Crippen LogP contribution in [0, 0.1) is 0 Å². The molecular weight excluding hydrogens is 315 g/mol. The van der Waals surface area contributed by atoms with E-state index in [2.05, 4.69) is 10.0 Å². The maximum atomic E-state index is 12.2. The molecule has 0 heterocycles. The first-order chi connectivity index (χ1) is 9.60. The smallest absolute Gasteiger partial charge is 0.257 e. The summed E-state index contributed by atoms with van der Waals surface area (Å²) in [5.41, 5.74) is 1.85. The quantitative estimate of drug-likeness (QED) is 0.782. The van der Waals surface area contributed by atoms with Gasteiger partial charge < -0.3 is 10.0 Å². The summed E-state index contributed by atoms with van der Waals surface area (Å²) in [6.07, 6.45) is 1.90. The van der Waals surface area contributed by atoms with Crippen molar-refractivity contribution in [3.63, 3.8) is 0 Å². The summed E-state index contributed by atoms with van der Waals surface area (Å²) in [6.45, 7) is 0. The van der Waals surface area contributed by atoms with Gasteiger partial charge in [0.1, 0.15) is 0 Å². The minimum absolute atomic E-state index is 0.276. The van der Waals surface area contributed by atoms with Gasteiger partial charge in [-0.3, -0.25) is 4.79 Å². The van der Waals surface area contributed by atoms with Crippen molar-refractivity contribution in [1.29, 1.82) is 0 Å². The van der Waals surface area contributed by atoms with E-state index in [0.717, 1.165) is 5.69 Å². The molecule has 0 aliphatic heterocycles. The van der Waals surface area contributed by atoms with E-state index in [0.29, 0.717) is 21.3 Å². The van der Waals surface area contributed by atoms with E-state index in [4.69, 9.17) is 23.2 Å². The van der Waals surface area contributed by atoms with Crippen molar-refractivity contribution in [2.24, 2.45) is 0 Å². The van der Waals surface area contributed by atoms with Crippen LogP contribution in [0.3, 0.4) is 0 Å². The van der Waals surface area contributed by atoms with Gasteiger partial charge in [0.15, 0.2) is 0 Å². The number of anilines is 2. The van der Waals surface area contributed by atoms with Crippen LogP contribution in [-0.2, 0) is 0 Å². The first-order valence-corrected chi connectivity index (χ1v) is 7.73. The average Bonchev–Trinajstić information content (AvgIpc) is 2.41. The molecule has 0 fully saturated rings. The minimum Gasteiger partial charge on any atom is -0.330 e. The molecule has 0 spiro atoms. The van der Waals surface area contributed by atoms with E-state index in [1.807, 2.05) is 12.3 Å². The lowest BCUT2D eigenvalue weighted by molar-refractivity contribution is 0.102. The fourth-order valence-electron chi connectivity index (χ4n) is 1.65. The Labute approximate surface area is 131 Å². The molecule has 1 amide bonds. The molecule has 0 unspecified atom stereocenters. The highest BCUT2D eigenvalue weighted by atomic mass is 35.5. The van der Waals surface area contributed by atoms with E-state index in [-0.39, 0.29) is 5.91 Å². The molecule has 2 rings (SSSR count). The van der Waals surface area contributed by atoms with Gasteiger partial charge in [0.2, 0.25) is 0 Å². The Bertz CT molecular complexity index is 634. The van der Waals surface area contributed by atoms with Crippen LogP contribution in [0.1, 0.15) is 10.4 Å². The Kier molecular flexibility index (Phi) is 5.17. The van der Waals surface area contributed by atoms with Gasteiger partial charge in [0.25, 0.3) is 5.91 Å². The summed E-state index contributed by atoms with van der Waals surface area (Å²) >= 11 is 13.4. The van der Waals surface area contributed by atoms with Crippen molar-refractivity contribution in [1.82, 2.24) is 0 Å². The third-order valence-electron chi connectivity index (χ3n) is 2.51. The molecule has 0 saturated carbocycles. The summed E-state index contributed by atoms with van der Waals surface area (Å²) in [7, 11) is 0. The largest absolute Gasteiger partial charge is 0.330 e. The van der Waals surface area contributed by atoms with Crippen LogP contribution in [0.15, 0.2) is 42.5 Å². The molecule has 0 saturated heterocycles. The predicted molar refractivity (Wildman–Crippen MR) is 88.0 cm³/mol. The van der Waals surface area contributed by atoms with Gasteiger partial charge in [-0.25, -0.2) is 0 Å². The Balaban J connectivity index is 2.22. The molecule has 0 atom stereocenters. The maximum Gasteiger partial charge on any atom is 0.257 e. The van der Waals surface area contributed by atoms with Crippen molar-refractivity contribution < 1.29 is 4.79 Å². The Morgan fingerprint density at radius 1 is 1.10 bits per heavy atom. The van der Waals surface area contributed by atoms with E-state index in [1.165, 1.54) is 11.9 Å². The number of nitrogens with one attached hydrogen (secondary N) is 2. The summed E-state index contributed by atoms with van der Waals surface area (Å²) in [4.78, 5) is 12.2. The normalized spacial score (nSPS) is 10.2. The number of hydrogen-bond donors (Lipinski definition) is 2. The number of rotatable bonds is 4. The zero-order valence-corrected chi connectivity index (χ0v) is 12.9. The van der Waals surface area contributed by atoms with Crippen LogP contribution >= 0.6 is 35.1 Å². The predicted octanol–water partition coefficient (Wildman–Crippen LogP) is 4.94. The second-order valence-corrected chi connectivity index (χ2v) is 5.42. The maximum absolute atomic E-state index is 12.2. The highest BCUT2D eigenvalue weighted by Gasteiger charge is 2.11. The van der Waals surface area contributed by atoms with Crippen molar-refractivity contribution in [3.8, 4) is 0 Å². The third-order valence-corrected chi connectivity index (χ3v) is 3.52. The van der Waals surface area contributed by atoms with E-state index in [9.17, 15) is 4.79 Å². The standard InChI is InChI=1S/C14H12Cl2N2OS/c1-20-18-11-5-6-13(16)12(8-11)14(19)17-10-4-2-3-9(15)7-10/h2-8,18H,1H3,(H,17,19). The van der Waals surface area contributed by atoms with Crippen molar-refractivity contribution in [2.75, 3.05) is 16.3 Å². The molecule has 2 aromatic carbocycles. The van der Waals surface area contributed by atoms with Gasteiger partial charge in [-0.1, -0.05) is 41.2 Å². The molecule has 2 N–H and O–H groups in total. The summed E-state index contributed by atoms with van der Waals surface area (Å²) in [6, 6.07) is 12.2. The lowest BCUT2D eigenvalue weighted by Gasteiger charge is -2.09. The molecule has 104 valence electrons. The number of hydrogen-bond acceptors (Lipinski definition) is 3. The van der Waals surface area contributed by atoms with Crippen LogP contribution in [0.25, 0.3) is 0 Å². The van der Waals surface area contributed by atoms with Gasteiger partial charge in [0, 0.05) is 22.7 Å². The topological polar surface area (TPSA) is 41.1 Å². The van der Waals surface area contributed by atoms with E-state index < -0.39 is 0 Å². The van der Waals surface area contributed by atoms with E-state index in [1.54, 1.807) is 36.4 Å². The van der Waals surface area contributed by atoms with Crippen LogP contribution in [0.5, 0.6) is 0 Å². The molecule has 0 aromatic heterocycles. The Morgan fingerprint density at radius 3 is 2.60 bits per heavy atom. The first kappa shape index (κ1) is 15.0. The highest BCUT2D eigenvalue weighted by Crippen LogP contribution is 2.23. The molecule has 0 bridgehead atoms. The fourth-order valence-corrected chi connectivity index (χ4v) is 2.40. The van der Waals surface area contributed by atoms with Crippen molar-refractivity contribution in [3.05, 3.63) is 58.1 Å². The number of halogens is 2. The summed E-state index contributed by atoms with van der Waals surface area (Å²) in [5.74, 6) is -0.276.